The second-order valence-corrected chi connectivity index (χ2v) is 11.5. The monoisotopic (exact) mass is 557 g/mol. The molecule has 0 saturated heterocycles. The van der Waals surface area contributed by atoms with Crippen LogP contribution in [0.4, 0.5) is 5.69 Å². The molecule has 0 unspecified atom stereocenters. The van der Waals surface area contributed by atoms with Gasteiger partial charge in [0.05, 0.1) is 11.9 Å². The Kier molecular flexibility index (Phi) is 9.75. The number of nitrogens with one attached hydrogen (secondary N) is 1. The Morgan fingerprint density at radius 3 is 2.27 bits per heavy atom. The Morgan fingerprint density at radius 2 is 1.73 bits per heavy atom. The molecular weight excluding hydrogens is 530 g/mol. The summed E-state index contributed by atoms with van der Waals surface area (Å²) in [6, 6.07) is 12.8. The van der Waals surface area contributed by atoms with Gasteiger partial charge in [-0.15, -0.1) is 0 Å². The lowest BCUT2D eigenvalue weighted by molar-refractivity contribution is -0.139. The van der Waals surface area contributed by atoms with Crippen LogP contribution in [0.1, 0.15) is 26.3 Å². The summed E-state index contributed by atoms with van der Waals surface area (Å²) < 4.78 is 26.9. The minimum atomic E-state index is -3.79. The van der Waals surface area contributed by atoms with E-state index in [-0.39, 0.29) is 24.1 Å². The zero-order valence-corrected chi connectivity index (χ0v) is 22.2. The van der Waals surface area contributed by atoms with Crippen LogP contribution in [0.2, 0.25) is 5.02 Å². The molecule has 1 atom stereocenters. The Morgan fingerprint density at radius 1 is 1.09 bits per heavy atom. The minimum absolute atomic E-state index is 0.148. The number of sulfonamides is 1. The zero-order chi connectivity index (χ0) is 24.8. The highest BCUT2D eigenvalue weighted by molar-refractivity contribution is 9.10. The van der Waals surface area contributed by atoms with Gasteiger partial charge >= 0.3 is 0 Å². The molecular formula is C23H29BrClN3O4S. The SMILES string of the molecule is CC(C)CNC(=O)[C@H](C)N(Cc1ccc(Br)cc1)C(=O)CN(c1cccc(Cl)c1)S(C)(=O)=O. The third-order valence-electron chi connectivity index (χ3n) is 4.89. The third kappa shape index (κ3) is 8.32. The van der Waals surface area contributed by atoms with Crippen molar-refractivity contribution in [2.75, 3.05) is 23.7 Å². The van der Waals surface area contributed by atoms with E-state index in [1.165, 1.54) is 11.0 Å². The summed E-state index contributed by atoms with van der Waals surface area (Å²) in [5.41, 5.74) is 1.09. The first kappa shape index (κ1) is 27.1. The van der Waals surface area contributed by atoms with E-state index in [9.17, 15) is 18.0 Å². The van der Waals surface area contributed by atoms with Crippen molar-refractivity contribution in [1.29, 1.82) is 0 Å². The second-order valence-electron chi connectivity index (χ2n) is 8.21. The molecule has 7 nitrogen and oxygen atoms in total. The molecule has 0 heterocycles. The van der Waals surface area contributed by atoms with E-state index >= 15 is 0 Å². The van der Waals surface area contributed by atoms with Crippen LogP contribution in [0.3, 0.4) is 0 Å². The summed E-state index contributed by atoms with van der Waals surface area (Å²) in [7, 11) is -3.79. The van der Waals surface area contributed by atoms with Crippen LogP contribution in [-0.4, -0.2) is 50.5 Å². The van der Waals surface area contributed by atoms with Crippen LogP contribution >= 0.6 is 27.5 Å². The average molecular weight is 559 g/mol. The van der Waals surface area contributed by atoms with E-state index in [4.69, 9.17) is 11.6 Å². The number of nitrogens with zero attached hydrogens (tertiary/aromatic N) is 2. The summed E-state index contributed by atoms with van der Waals surface area (Å²) in [5.74, 6) is -0.557. The fraction of sp³-hybridized carbons (Fsp3) is 0.391. The fourth-order valence-electron chi connectivity index (χ4n) is 3.07. The highest BCUT2D eigenvalue weighted by Gasteiger charge is 2.30. The van der Waals surface area contributed by atoms with E-state index in [1.807, 2.05) is 38.1 Å². The quantitative estimate of drug-likeness (QED) is 0.477. The van der Waals surface area contributed by atoms with Gasteiger partial charge in [-0.05, 0) is 48.7 Å². The zero-order valence-electron chi connectivity index (χ0n) is 19.1. The minimum Gasteiger partial charge on any atom is -0.354 e. The van der Waals surface area contributed by atoms with Crippen LogP contribution in [0, 0.1) is 5.92 Å². The maximum Gasteiger partial charge on any atom is 0.244 e. The number of benzene rings is 2. The van der Waals surface area contributed by atoms with Crippen molar-refractivity contribution < 1.29 is 18.0 Å². The van der Waals surface area contributed by atoms with Crippen LogP contribution in [0.5, 0.6) is 0 Å². The molecule has 0 aliphatic heterocycles. The number of hydrogen-bond acceptors (Lipinski definition) is 4. The van der Waals surface area contributed by atoms with Crippen molar-refractivity contribution in [3.8, 4) is 0 Å². The van der Waals surface area contributed by atoms with Gasteiger partial charge in [-0.2, -0.15) is 0 Å². The number of amides is 2. The molecule has 0 aliphatic rings. The van der Waals surface area contributed by atoms with Gasteiger partial charge in [0.15, 0.2) is 0 Å². The van der Waals surface area contributed by atoms with E-state index in [0.717, 1.165) is 20.6 Å². The standard InChI is InChI=1S/C23H29BrClN3O4S/c1-16(2)13-26-23(30)17(3)27(14-18-8-10-19(24)11-9-18)22(29)15-28(33(4,31)32)21-7-5-6-20(25)12-21/h5-12,16-17H,13-15H2,1-4H3,(H,26,30)/t17-/m0/s1. The molecule has 0 spiro atoms. The summed E-state index contributed by atoms with van der Waals surface area (Å²) in [6.07, 6.45) is 1.03. The summed E-state index contributed by atoms with van der Waals surface area (Å²) in [4.78, 5) is 27.6. The molecule has 0 saturated carbocycles. The van der Waals surface area contributed by atoms with E-state index < -0.39 is 28.5 Å². The van der Waals surface area contributed by atoms with E-state index in [1.54, 1.807) is 25.1 Å². The highest BCUT2D eigenvalue weighted by atomic mass is 79.9. The smallest absolute Gasteiger partial charge is 0.244 e. The Labute approximate surface area is 209 Å². The fourth-order valence-corrected chi connectivity index (χ4v) is 4.36. The Bertz CT molecular complexity index is 1080. The van der Waals surface area contributed by atoms with Crippen LogP contribution in [0.15, 0.2) is 53.0 Å². The van der Waals surface area contributed by atoms with Crippen LogP contribution < -0.4 is 9.62 Å². The van der Waals surface area contributed by atoms with Gasteiger partial charge in [-0.25, -0.2) is 8.42 Å². The largest absolute Gasteiger partial charge is 0.354 e. The van der Waals surface area contributed by atoms with E-state index in [2.05, 4.69) is 21.2 Å². The van der Waals surface area contributed by atoms with Crippen molar-refractivity contribution in [3.05, 3.63) is 63.6 Å². The van der Waals surface area contributed by atoms with Crippen molar-refractivity contribution in [1.82, 2.24) is 10.2 Å². The van der Waals surface area contributed by atoms with Crippen LogP contribution in [-0.2, 0) is 26.2 Å². The number of hydrogen-bond donors (Lipinski definition) is 1. The Hall–Kier alpha value is -2.10. The normalized spacial score (nSPS) is 12.3. The van der Waals surface area contributed by atoms with Gasteiger partial charge in [0.2, 0.25) is 21.8 Å². The molecule has 1 N–H and O–H groups in total. The van der Waals surface area contributed by atoms with Gasteiger partial charge in [0.25, 0.3) is 0 Å². The molecule has 0 radical (unpaired) electrons. The number of carbonyl (C=O) groups is 2. The number of carbonyl (C=O) groups excluding carboxylic acids is 2. The number of anilines is 1. The third-order valence-corrected chi connectivity index (χ3v) is 6.80. The highest BCUT2D eigenvalue weighted by Crippen LogP contribution is 2.23. The van der Waals surface area contributed by atoms with Crippen molar-refractivity contribution >= 4 is 55.1 Å². The first-order valence-electron chi connectivity index (χ1n) is 10.4. The van der Waals surface area contributed by atoms with Gasteiger partial charge in [-0.1, -0.05) is 59.6 Å². The van der Waals surface area contributed by atoms with Crippen molar-refractivity contribution in [3.63, 3.8) is 0 Å². The predicted octanol–water partition coefficient (Wildman–Crippen LogP) is 4.06. The lowest BCUT2D eigenvalue weighted by Gasteiger charge is -2.31. The van der Waals surface area contributed by atoms with Crippen LogP contribution in [0.25, 0.3) is 0 Å². The Balaban J connectivity index is 2.35. The van der Waals surface area contributed by atoms with Gasteiger partial charge in [-0.3, -0.25) is 13.9 Å². The van der Waals surface area contributed by atoms with Crippen molar-refractivity contribution in [2.24, 2.45) is 5.92 Å². The molecule has 0 fully saturated rings. The molecule has 2 amide bonds. The maximum atomic E-state index is 13.4. The summed E-state index contributed by atoms with van der Waals surface area (Å²) in [6.45, 7) is 5.75. The number of halogens is 2. The maximum absolute atomic E-state index is 13.4. The summed E-state index contributed by atoms with van der Waals surface area (Å²) >= 11 is 9.42. The molecule has 0 aromatic heterocycles. The first-order valence-corrected chi connectivity index (χ1v) is 13.4. The molecule has 10 heteroatoms. The number of rotatable bonds is 10. The van der Waals surface area contributed by atoms with Gasteiger partial charge < -0.3 is 10.2 Å². The van der Waals surface area contributed by atoms with Gasteiger partial charge in [0, 0.05) is 22.6 Å². The van der Waals surface area contributed by atoms with Crippen molar-refractivity contribution in [2.45, 2.75) is 33.4 Å². The molecule has 2 aromatic rings. The lowest BCUT2D eigenvalue weighted by atomic mass is 10.1. The summed E-state index contributed by atoms with van der Waals surface area (Å²) in [5, 5.41) is 3.19. The first-order chi connectivity index (χ1) is 15.4. The topological polar surface area (TPSA) is 86.8 Å². The second kappa shape index (κ2) is 11.9. The van der Waals surface area contributed by atoms with Gasteiger partial charge in [0.1, 0.15) is 12.6 Å². The molecule has 0 aliphatic carbocycles. The molecule has 33 heavy (non-hydrogen) atoms. The average Bonchev–Trinajstić information content (AvgIpc) is 2.73. The molecule has 0 bridgehead atoms. The predicted molar refractivity (Wildman–Crippen MR) is 136 cm³/mol. The van der Waals surface area contributed by atoms with E-state index in [0.29, 0.717) is 11.6 Å². The lowest BCUT2D eigenvalue weighted by Crippen LogP contribution is -2.51. The molecule has 2 aromatic carbocycles. The molecule has 2 rings (SSSR count). The molecule has 180 valence electrons.